The molecule has 1 aromatic heterocycles. The predicted molar refractivity (Wildman–Crippen MR) is 91.2 cm³/mol. The number of rotatable bonds is 6. The summed E-state index contributed by atoms with van der Waals surface area (Å²) in [6.45, 7) is 7.69. The standard InChI is InChI=1S/C17H29N3S/c1-3-10-18-12-16-13(2)19-17(21-16)20-11-6-9-15(20)14-7-4-5-8-14/h14-15,18H,3-12H2,1-2H3. The van der Waals surface area contributed by atoms with E-state index < -0.39 is 0 Å². The van der Waals surface area contributed by atoms with Crippen LogP contribution in [0.15, 0.2) is 0 Å². The number of hydrogen-bond acceptors (Lipinski definition) is 4. The van der Waals surface area contributed by atoms with Gasteiger partial charge < -0.3 is 10.2 Å². The van der Waals surface area contributed by atoms with E-state index in [2.05, 4.69) is 24.1 Å². The van der Waals surface area contributed by atoms with Gasteiger partial charge in [0.15, 0.2) is 5.13 Å². The highest BCUT2D eigenvalue weighted by Gasteiger charge is 2.34. The van der Waals surface area contributed by atoms with Crippen LogP contribution in [-0.2, 0) is 6.54 Å². The third-order valence-corrected chi connectivity index (χ3v) is 6.28. The Morgan fingerprint density at radius 2 is 2.05 bits per heavy atom. The molecule has 3 nitrogen and oxygen atoms in total. The molecule has 21 heavy (non-hydrogen) atoms. The van der Waals surface area contributed by atoms with Gasteiger partial charge in [-0.25, -0.2) is 4.98 Å². The fraction of sp³-hybridized carbons (Fsp3) is 0.824. The van der Waals surface area contributed by atoms with Crippen LogP contribution < -0.4 is 10.2 Å². The summed E-state index contributed by atoms with van der Waals surface area (Å²) in [5.41, 5.74) is 1.23. The highest BCUT2D eigenvalue weighted by molar-refractivity contribution is 7.15. The van der Waals surface area contributed by atoms with Crippen molar-refractivity contribution in [3.63, 3.8) is 0 Å². The van der Waals surface area contributed by atoms with Crippen LogP contribution in [0.3, 0.4) is 0 Å². The highest BCUT2D eigenvalue weighted by Crippen LogP contribution is 2.39. The molecule has 3 rings (SSSR count). The van der Waals surface area contributed by atoms with Gasteiger partial charge in [-0.1, -0.05) is 19.8 Å². The summed E-state index contributed by atoms with van der Waals surface area (Å²) in [4.78, 5) is 8.96. The van der Waals surface area contributed by atoms with Crippen LogP contribution in [0.5, 0.6) is 0 Å². The first kappa shape index (κ1) is 15.3. The van der Waals surface area contributed by atoms with Gasteiger partial charge in [0.25, 0.3) is 0 Å². The number of aryl methyl sites for hydroxylation is 1. The van der Waals surface area contributed by atoms with E-state index in [1.54, 1.807) is 0 Å². The maximum Gasteiger partial charge on any atom is 0.186 e. The van der Waals surface area contributed by atoms with E-state index in [4.69, 9.17) is 4.98 Å². The summed E-state index contributed by atoms with van der Waals surface area (Å²) in [6, 6.07) is 0.773. The molecule has 1 N–H and O–H groups in total. The maximum atomic E-state index is 4.90. The normalized spacial score (nSPS) is 23.3. The minimum absolute atomic E-state index is 0.773. The summed E-state index contributed by atoms with van der Waals surface area (Å²) < 4.78 is 0. The molecule has 0 radical (unpaired) electrons. The van der Waals surface area contributed by atoms with E-state index in [-0.39, 0.29) is 0 Å². The van der Waals surface area contributed by atoms with E-state index in [0.29, 0.717) is 0 Å². The van der Waals surface area contributed by atoms with Crippen molar-refractivity contribution in [3.05, 3.63) is 10.6 Å². The molecule has 2 heterocycles. The molecule has 2 fully saturated rings. The van der Waals surface area contributed by atoms with Gasteiger partial charge in [0.1, 0.15) is 0 Å². The number of anilines is 1. The molecule has 1 saturated heterocycles. The number of nitrogens with zero attached hydrogens (tertiary/aromatic N) is 2. The molecule has 1 aromatic rings. The fourth-order valence-electron chi connectivity index (χ4n) is 3.94. The van der Waals surface area contributed by atoms with Crippen molar-refractivity contribution in [1.29, 1.82) is 0 Å². The topological polar surface area (TPSA) is 28.2 Å². The largest absolute Gasteiger partial charge is 0.345 e. The number of aromatic nitrogens is 1. The van der Waals surface area contributed by atoms with E-state index in [9.17, 15) is 0 Å². The minimum atomic E-state index is 0.773. The van der Waals surface area contributed by atoms with Crippen molar-refractivity contribution in [2.24, 2.45) is 5.92 Å². The van der Waals surface area contributed by atoms with Gasteiger partial charge in [0, 0.05) is 24.0 Å². The molecule has 0 spiro atoms. The number of nitrogens with one attached hydrogen (secondary N) is 1. The Kier molecular flexibility index (Phi) is 5.17. The Bertz CT molecular complexity index is 451. The molecule has 0 aromatic carbocycles. The third-order valence-electron chi connectivity index (χ3n) is 5.08. The first-order valence-electron chi connectivity index (χ1n) is 8.73. The predicted octanol–water partition coefficient (Wildman–Crippen LogP) is 4.11. The average Bonchev–Trinajstić information content (AvgIpc) is 3.18. The Morgan fingerprint density at radius 3 is 2.81 bits per heavy atom. The van der Waals surface area contributed by atoms with Crippen LogP contribution >= 0.6 is 11.3 Å². The van der Waals surface area contributed by atoms with E-state index >= 15 is 0 Å². The molecular weight excluding hydrogens is 278 g/mol. The molecular formula is C17H29N3S. The van der Waals surface area contributed by atoms with E-state index in [1.807, 2.05) is 11.3 Å². The maximum absolute atomic E-state index is 4.90. The monoisotopic (exact) mass is 307 g/mol. The van der Waals surface area contributed by atoms with Gasteiger partial charge in [0.05, 0.1) is 5.69 Å². The molecule has 4 heteroatoms. The van der Waals surface area contributed by atoms with Crippen molar-refractivity contribution in [2.45, 2.75) is 71.4 Å². The SMILES string of the molecule is CCCNCc1sc(N2CCCC2C2CCCC2)nc1C. The molecule has 2 aliphatic rings. The van der Waals surface area contributed by atoms with Crippen LogP contribution in [0.1, 0.15) is 62.4 Å². The van der Waals surface area contributed by atoms with Crippen molar-refractivity contribution >= 4 is 16.5 Å². The zero-order chi connectivity index (χ0) is 14.7. The molecule has 0 bridgehead atoms. The van der Waals surface area contributed by atoms with Gasteiger partial charge in [0.2, 0.25) is 0 Å². The molecule has 0 amide bonds. The second-order valence-corrected chi connectivity index (χ2v) is 7.69. The van der Waals surface area contributed by atoms with Crippen LogP contribution in [0.25, 0.3) is 0 Å². The molecule has 1 aliphatic heterocycles. The summed E-state index contributed by atoms with van der Waals surface area (Å²) in [5.74, 6) is 0.929. The Morgan fingerprint density at radius 1 is 1.24 bits per heavy atom. The summed E-state index contributed by atoms with van der Waals surface area (Å²) >= 11 is 1.92. The van der Waals surface area contributed by atoms with Crippen molar-refractivity contribution in [2.75, 3.05) is 18.0 Å². The van der Waals surface area contributed by atoms with Crippen LogP contribution in [-0.4, -0.2) is 24.1 Å². The lowest BCUT2D eigenvalue weighted by molar-refractivity contribution is 0.430. The lowest BCUT2D eigenvalue weighted by atomic mass is 9.96. The number of thiazole rings is 1. The van der Waals surface area contributed by atoms with E-state index in [1.165, 1.54) is 67.2 Å². The van der Waals surface area contributed by atoms with Gasteiger partial charge in [-0.15, -0.1) is 11.3 Å². The van der Waals surface area contributed by atoms with Gasteiger partial charge in [-0.3, -0.25) is 0 Å². The molecule has 118 valence electrons. The molecule has 1 aliphatic carbocycles. The van der Waals surface area contributed by atoms with Gasteiger partial charge in [-0.2, -0.15) is 0 Å². The highest BCUT2D eigenvalue weighted by atomic mass is 32.1. The smallest absolute Gasteiger partial charge is 0.186 e. The number of hydrogen-bond donors (Lipinski definition) is 1. The second-order valence-electron chi connectivity index (χ2n) is 6.63. The second kappa shape index (κ2) is 7.10. The Hall–Kier alpha value is -0.610. The third kappa shape index (κ3) is 3.42. The quantitative estimate of drug-likeness (QED) is 0.802. The molecule has 1 unspecified atom stereocenters. The average molecular weight is 308 g/mol. The minimum Gasteiger partial charge on any atom is -0.345 e. The van der Waals surface area contributed by atoms with E-state index in [0.717, 1.165) is 25.0 Å². The first-order chi connectivity index (χ1) is 10.3. The molecule has 1 atom stereocenters. The lowest BCUT2D eigenvalue weighted by Gasteiger charge is -2.29. The fourth-order valence-corrected chi connectivity index (χ4v) is 5.05. The van der Waals surface area contributed by atoms with Gasteiger partial charge >= 0.3 is 0 Å². The zero-order valence-electron chi connectivity index (χ0n) is 13.5. The lowest BCUT2D eigenvalue weighted by Crippen LogP contribution is -2.34. The summed E-state index contributed by atoms with van der Waals surface area (Å²) in [6.07, 6.45) is 9.69. The van der Waals surface area contributed by atoms with Gasteiger partial charge in [-0.05, 0) is 51.5 Å². The first-order valence-corrected chi connectivity index (χ1v) is 9.55. The zero-order valence-corrected chi connectivity index (χ0v) is 14.3. The van der Waals surface area contributed by atoms with Crippen molar-refractivity contribution in [1.82, 2.24) is 10.3 Å². The Labute approximate surface area is 133 Å². The van der Waals surface area contributed by atoms with Crippen molar-refractivity contribution < 1.29 is 0 Å². The van der Waals surface area contributed by atoms with Crippen LogP contribution in [0.4, 0.5) is 5.13 Å². The van der Waals surface area contributed by atoms with Crippen molar-refractivity contribution in [3.8, 4) is 0 Å². The molecule has 1 saturated carbocycles. The van der Waals surface area contributed by atoms with Crippen LogP contribution in [0.2, 0.25) is 0 Å². The van der Waals surface area contributed by atoms with Crippen LogP contribution in [0, 0.1) is 12.8 Å². The summed E-state index contributed by atoms with van der Waals surface area (Å²) in [7, 11) is 0. The summed E-state index contributed by atoms with van der Waals surface area (Å²) in [5, 5.41) is 4.80. The Balaban J connectivity index is 1.68.